The van der Waals surface area contributed by atoms with Gasteiger partial charge in [-0.1, -0.05) is 6.92 Å². The average Bonchev–Trinajstić information content (AvgIpc) is 1.83. The zero-order valence-electron chi connectivity index (χ0n) is 7.94. The van der Waals surface area contributed by atoms with E-state index in [-0.39, 0.29) is 5.54 Å². The van der Waals surface area contributed by atoms with Crippen molar-refractivity contribution in [1.29, 1.82) is 0 Å². The molecule has 0 fully saturated rings. The lowest BCUT2D eigenvalue weighted by molar-refractivity contribution is 0.323. The van der Waals surface area contributed by atoms with Crippen LogP contribution in [0.5, 0.6) is 0 Å². The van der Waals surface area contributed by atoms with Crippen molar-refractivity contribution < 1.29 is 0 Å². The molecule has 0 bridgehead atoms. The Hall–Kier alpha value is -0.370. The Morgan fingerprint density at radius 1 is 1.64 bits per heavy atom. The van der Waals surface area contributed by atoms with Gasteiger partial charge < -0.3 is 0 Å². The van der Waals surface area contributed by atoms with E-state index in [9.17, 15) is 0 Å². The lowest BCUT2D eigenvalue weighted by Crippen LogP contribution is -2.49. The van der Waals surface area contributed by atoms with Crippen LogP contribution >= 0.6 is 0 Å². The Kier molecular flexibility index (Phi) is 2.33. The van der Waals surface area contributed by atoms with E-state index >= 15 is 0 Å². The van der Waals surface area contributed by atoms with Crippen LogP contribution in [0.25, 0.3) is 0 Å². The smallest absolute Gasteiger partial charge is 0.0994 e. The summed E-state index contributed by atoms with van der Waals surface area (Å²) in [5, 5.41) is 3.49. The van der Waals surface area contributed by atoms with E-state index in [4.69, 9.17) is 0 Å². The fourth-order valence-electron chi connectivity index (χ4n) is 1.68. The minimum absolute atomic E-state index is 0.243. The molecule has 0 saturated carbocycles. The monoisotopic (exact) mass is 154 g/mol. The van der Waals surface area contributed by atoms with E-state index in [1.165, 1.54) is 5.71 Å². The normalized spacial score (nSPS) is 29.8. The third kappa shape index (κ3) is 2.29. The summed E-state index contributed by atoms with van der Waals surface area (Å²) in [5.41, 5.74) is 1.52. The maximum absolute atomic E-state index is 4.50. The standard InChI is InChI=1S/C9H18N2/c1-5-8-10-7(2)6-9(3,4)11-8/h8,11H,5-6H2,1-4H3. The van der Waals surface area contributed by atoms with Gasteiger partial charge in [-0.2, -0.15) is 0 Å². The van der Waals surface area contributed by atoms with Crippen LogP contribution in [0.3, 0.4) is 0 Å². The molecule has 0 radical (unpaired) electrons. The van der Waals surface area contributed by atoms with E-state index in [0.717, 1.165) is 12.8 Å². The number of rotatable bonds is 1. The number of nitrogens with one attached hydrogen (secondary N) is 1. The molecular weight excluding hydrogens is 136 g/mol. The van der Waals surface area contributed by atoms with Crippen molar-refractivity contribution in [3.63, 3.8) is 0 Å². The molecular formula is C9H18N2. The highest BCUT2D eigenvalue weighted by atomic mass is 15.1. The first-order valence-electron chi connectivity index (χ1n) is 4.34. The van der Waals surface area contributed by atoms with Crippen LogP contribution in [0.1, 0.15) is 40.5 Å². The van der Waals surface area contributed by atoms with E-state index in [2.05, 4.69) is 38.0 Å². The first-order valence-corrected chi connectivity index (χ1v) is 4.34. The van der Waals surface area contributed by atoms with Crippen LogP contribution in [0.2, 0.25) is 0 Å². The van der Waals surface area contributed by atoms with Crippen LogP contribution in [0.4, 0.5) is 0 Å². The molecule has 2 heteroatoms. The van der Waals surface area contributed by atoms with E-state index in [0.29, 0.717) is 6.17 Å². The number of nitrogens with zero attached hydrogens (tertiary/aromatic N) is 1. The molecule has 2 nitrogen and oxygen atoms in total. The van der Waals surface area contributed by atoms with Crippen molar-refractivity contribution in [2.24, 2.45) is 4.99 Å². The number of hydrogen-bond donors (Lipinski definition) is 1. The van der Waals surface area contributed by atoms with E-state index < -0.39 is 0 Å². The number of hydrogen-bond acceptors (Lipinski definition) is 2. The first kappa shape index (κ1) is 8.72. The molecule has 1 heterocycles. The molecule has 0 aromatic rings. The maximum Gasteiger partial charge on any atom is 0.0994 e. The Labute approximate surface area is 69.1 Å². The zero-order chi connectivity index (χ0) is 8.48. The van der Waals surface area contributed by atoms with Gasteiger partial charge in [0.2, 0.25) is 0 Å². The van der Waals surface area contributed by atoms with Gasteiger partial charge in [0.05, 0.1) is 6.17 Å². The molecule has 1 rings (SSSR count). The summed E-state index contributed by atoms with van der Waals surface area (Å²) in [5.74, 6) is 0. The van der Waals surface area contributed by atoms with Crippen molar-refractivity contribution in [3.05, 3.63) is 0 Å². The lowest BCUT2D eigenvalue weighted by atomic mass is 9.95. The highest BCUT2D eigenvalue weighted by molar-refractivity contribution is 5.83. The molecule has 1 N–H and O–H groups in total. The molecule has 0 amide bonds. The summed E-state index contributed by atoms with van der Waals surface area (Å²) < 4.78 is 0. The van der Waals surface area contributed by atoms with Gasteiger partial charge in [-0.25, -0.2) is 0 Å². The molecule has 64 valence electrons. The molecule has 0 aromatic carbocycles. The SMILES string of the molecule is CCC1N=C(C)CC(C)(C)N1. The zero-order valence-corrected chi connectivity index (χ0v) is 7.94. The summed E-state index contributed by atoms with van der Waals surface area (Å²) >= 11 is 0. The van der Waals surface area contributed by atoms with Crippen LogP contribution in [-0.2, 0) is 0 Å². The minimum atomic E-state index is 0.243. The van der Waals surface area contributed by atoms with Gasteiger partial charge in [-0.15, -0.1) is 0 Å². The third-order valence-corrected chi connectivity index (χ3v) is 2.02. The van der Waals surface area contributed by atoms with Gasteiger partial charge in [0.25, 0.3) is 0 Å². The molecule has 0 aliphatic carbocycles. The Morgan fingerprint density at radius 2 is 2.27 bits per heavy atom. The highest BCUT2D eigenvalue weighted by Gasteiger charge is 2.25. The van der Waals surface area contributed by atoms with Crippen LogP contribution in [0, 0.1) is 0 Å². The van der Waals surface area contributed by atoms with Crippen molar-refractivity contribution >= 4 is 5.71 Å². The molecule has 0 spiro atoms. The molecule has 1 unspecified atom stereocenters. The van der Waals surface area contributed by atoms with Gasteiger partial charge in [0.15, 0.2) is 0 Å². The third-order valence-electron chi connectivity index (χ3n) is 2.02. The van der Waals surface area contributed by atoms with Crippen LogP contribution < -0.4 is 5.32 Å². The van der Waals surface area contributed by atoms with Gasteiger partial charge in [0, 0.05) is 17.7 Å². The molecule has 0 aromatic heterocycles. The average molecular weight is 154 g/mol. The summed E-state index contributed by atoms with van der Waals surface area (Å²) in [4.78, 5) is 4.50. The first-order chi connectivity index (χ1) is 5.03. The second-order valence-corrected chi connectivity index (χ2v) is 3.99. The number of aliphatic imine (C=N–C) groups is 1. The molecule has 1 aliphatic heterocycles. The Balaban J connectivity index is 2.68. The van der Waals surface area contributed by atoms with E-state index in [1.807, 2.05) is 0 Å². The fourth-order valence-corrected chi connectivity index (χ4v) is 1.68. The Bertz CT molecular complexity index is 170. The summed E-state index contributed by atoms with van der Waals surface area (Å²) in [6, 6.07) is 0. The quantitative estimate of drug-likeness (QED) is 0.613. The summed E-state index contributed by atoms with van der Waals surface area (Å²) in [6.07, 6.45) is 2.50. The molecule has 1 atom stereocenters. The highest BCUT2D eigenvalue weighted by Crippen LogP contribution is 2.17. The van der Waals surface area contributed by atoms with Gasteiger partial charge >= 0.3 is 0 Å². The molecule has 11 heavy (non-hydrogen) atoms. The minimum Gasteiger partial charge on any atom is -0.290 e. The van der Waals surface area contributed by atoms with Gasteiger partial charge in [0.1, 0.15) is 0 Å². The maximum atomic E-state index is 4.50. The van der Waals surface area contributed by atoms with Gasteiger partial charge in [-0.3, -0.25) is 10.3 Å². The second kappa shape index (κ2) is 2.94. The predicted octanol–water partition coefficient (Wildman–Crippen LogP) is 1.96. The second-order valence-electron chi connectivity index (χ2n) is 3.99. The van der Waals surface area contributed by atoms with Crippen molar-refractivity contribution in [2.75, 3.05) is 0 Å². The summed E-state index contributed by atoms with van der Waals surface area (Å²) in [7, 11) is 0. The molecule has 0 saturated heterocycles. The van der Waals surface area contributed by atoms with Crippen molar-refractivity contribution in [3.8, 4) is 0 Å². The topological polar surface area (TPSA) is 24.4 Å². The largest absolute Gasteiger partial charge is 0.290 e. The summed E-state index contributed by atoms with van der Waals surface area (Å²) in [6.45, 7) is 8.74. The van der Waals surface area contributed by atoms with Crippen molar-refractivity contribution in [1.82, 2.24) is 5.32 Å². The van der Waals surface area contributed by atoms with Crippen molar-refractivity contribution in [2.45, 2.75) is 52.2 Å². The fraction of sp³-hybridized carbons (Fsp3) is 0.889. The lowest BCUT2D eigenvalue weighted by Gasteiger charge is -2.34. The van der Waals surface area contributed by atoms with Crippen LogP contribution in [-0.4, -0.2) is 17.4 Å². The predicted molar refractivity (Wildman–Crippen MR) is 49.0 cm³/mol. The van der Waals surface area contributed by atoms with Crippen LogP contribution in [0.15, 0.2) is 4.99 Å². The Morgan fingerprint density at radius 3 is 2.73 bits per heavy atom. The van der Waals surface area contributed by atoms with Gasteiger partial charge in [-0.05, 0) is 27.2 Å². The molecule has 1 aliphatic rings. The van der Waals surface area contributed by atoms with E-state index in [1.54, 1.807) is 0 Å².